The molecule has 0 atom stereocenters. The number of anilines is 1. The molecule has 0 saturated heterocycles. The van der Waals surface area contributed by atoms with E-state index in [0.29, 0.717) is 28.8 Å². The Bertz CT molecular complexity index is 1410. The zero-order valence-electron chi connectivity index (χ0n) is 17.7. The number of hydrogen-bond acceptors (Lipinski definition) is 6. The fourth-order valence-electron chi connectivity index (χ4n) is 3.48. The summed E-state index contributed by atoms with van der Waals surface area (Å²) in [5.74, 6) is -1.52. The van der Waals surface area contributed by atoms with Crippen molar-refractivity contribution < 1.29 is 18.4 Å². The minimum atomic E-state index is -2.85. The molecule has 4 aromatic rings. The number of nitrogens with one attached hydrogen (secondary N) is 1. The van der Waals surface area contributed by atoms with Crippen LogP contribution in [0.1, 0.15) is 44.9 Å². The normalized spacial score (nSPS) is 11.5. The monoisotopic (exact) mass is 493 g/mol. The third kappa shape index (κ3) is 4.07. The van der Waals surface area contributed by atoms with Gasteiger partial charge < -0.3 is 11.1 Å². The summed E-state index contributed by atoms with van der Waals surface area (Å²) in [6.45, 7) is 4.05. The van der Waals surface area contributed by atoms with Crippen LogP contribution in [-0.2, 0) is 13.6 Å². The van der Waals surface area contributed by atoms with Crippen molar-refractivity contribution in [1.29, 1.82) is 0 Å². The molecule has 0 aliphatic carbocycles. The molecule has 4 aromatic heterocycles. The van der Waals surface area contributed by atoms with E-state index in [0.717, 1.165) is 11.3 Å². The number of carbonyl (C=O) groups is 2. The molecule has 0 fully saturated rings. The molecular formula is C20H18ClF2N7O2S. The number of rotatable bonds is 6. The SMILES string of the molecule is CCn1cc(Cl)c(C(=O)Nc2c(C(N)=O)sc3nc(C(F)F)cc(-c4cn(C)nc4C)c23)n1. The zero-order valence-corrected chi connectivity index (χ0v) is 19.3. The van der Waals surface area contributed by atoms with E-state index < -0.39 is 23.9 Å². The molecule has 9 nitrogen and oxygen atoms in total. The minimum absolute atomic E-state index is 0.0360. The van der Waals surface area contributed by atoms with Gasteiger partial charge in [-0.1, -0.05) is 11.6 Å². The quantitative estimate of drug-likeness (QED) is 0.417. The van der Waals surface area contributed by atoms with Gasteiger partial charge in [0, 0.05) is 36.9 Å². The largest absolute Gasteiger partial charge is 0.365 e. The van der Waals surface area contributed by atoms with E-state index in [1.54, 1.807) is 20.2 Å². The summed E-state index contributed by atoms with van der Waals surface area (Å²) < 4.78 is 30.2. The second-order valence-electron chi connectivity index (χ2n) is 7.18. The standard InChI is InChI=1S/C20H18ClF2N7O2S/c1-4-30-7-11(21)14(28-30)19(32)26-15-13-9(10-6-29(3)27-8(10)2)5-12(17(22)23)25-20(13)33-16(15)18(24)31/h5-7,17H,4H2,1-3H3,(H2,24,31)(H,26,32). The Morgan fingerprint density at radius 2 is 2.00 bits per heavy atom. The first kappa shape index (κ1) is 22.8. The van der Waals surface area contributed by atoms with E-state index >= 15 is 0 Å². The maximum atomic E-state index is 13.6. The average Bonchev–Trinajstić information content (AvgIpc) is 3.41. The number of nitrogens with zero attached hydrogens (tertiary/aromatic N) is 5. The summed E-state index contributed by atoms with van der Waals surface area (Å²) >= 11 is 6.96. The molecular weight excluding hydrogens is 476 g/mol. The molecule has 0 aromatic carbocycles. The van der Waals surface area contributed by atoms with Crippen molar-refractivity contribution in [3.8, 4) is 11.1 Å². The number of aryl methyl sites for hydroxylation is 3. The topological polar surface area (TPSA) is 121 Å². The number of halogens is 3. The lowest BCUT2D eigenvalue weighted by atomic mass is 10.0. The van der Waals surface area contributed by atoms with Crippen LogP contribution < -0.4 is 11.1 Å². The number of primary amides is 1. The van der Waals surface area contributed by atoms with Crippen molar-refractivity contribution in [2.45, 2.75) is 26.8 Å². The van der Waals surface area contributed by atoms with E-state index in [9.17, 15) is 18.4 Å². The third-order valence-corrected chi connectivity index (χ3v) is 6.30. The lowest BCUT2D eigenvalue weighted by Crippen LogP contribution is -2.17. The van der Waals surface area contributed by atoms with Crippen LogP contribution in [0.25, 0.3) is 21.3 Å². The molecule has 0 spiro atoms. The fraction of sp³-hybridized carbons (Fsp3) is 0.250. The average molecular weight is 494 g/mol. The first-order valence-corrected chi connectivity index (χ1v) is 10.9. The van der Waals surface area contributed by atoms with Crippen molar-refractivity contribution in [2.75, 3.05) is 5.32 Å². The summed E-state index contributed by atoms with van der Waals surface area (Å²) in [7, 11) is 1.69. The van der Waals surface area contributed by atoms with Gasteiger partial charge in [-0.25, -0.2) is 13.8 Å². The Hall–Kier alpha value is -3.38. The molecule has 13 heteroatoms. The van der Waals surface area contributed by atoms with Crippen LogP contribution in [0.3, 0.4) is 0 Å². The molecule has 33 heavy (non-hydrogen) atoms. The smallest absolute Gasteiger partial charge is 0.280 e. The van der Waals surface area contributed by atoms with Gasteiger partial charge in [0.1, 0.15) is 15.4 Å². The van der Waals surface area contributed by atoms with Crippen LogP contribution in [0.15, 0.2) is 18.5 Å². The number of hydrogen-bond donors (Lipinski definition) is 2. The lowest BCUT2D eigenvalue weighted by Gasteiger charge is -2.10. The summed E-state index contributed by atoms with van der Waals surface area (Å²) in [6, 6.07) is 1.23. The van der Waals surface area contributed by atoms with Gasteiger partial charge in [-0.05, 0) is 25.5 Å². The summed E-state index contributed by atoms with van der Waals surface area (Å²) in [5.41, 5.74) is 6.54. The lowest BCUT2D eigenvalue weighted by molar-refractivity contribution is 0.100. The molecule has 172 valence electrons. The van der Waals surface area contributed by atoms with Gasteiger partial charge in [-0.2, -0.15) is 10.2 Å². The van der Waals surface area contributed by atoms with Crippen LogP contribution in [0.5, 0.6) is 0 Å². The number of aromatic nitrogens is 5. The van der Waals surface area contributed by atoms with Gasteiger partial charge in [0.15, 0.2) is 5.69 Å². The molecule has 0 aliphatic heterocycles. The van der Waals surface area contributed by atoms with Gasteiger partial charge in [0.2, 0.25) is 0 Å². The highest BCUT2D eigenvalue weighted by molar-refractivity contribution is 7.21. The predicted octanol–water partition coefficient (Wildman–Crippen LogP) is 4.16. The van der Waals surface area contributed by atoms with Gasteiger partial charge in [0.05, 0.1) is 16.4 Å². The van der Waals surface area contributed by atoms with Crippen molar-refractivity contribution in [2.24, 2.45) is 12.8 Å². The maximum Gasteiger partial charge on any atom is 0.280 e. The summed E-state index contributed by atoms with van der Waals surface area (Å²) in [4.78, 5) is 29.3. The Labute approximate surface area is 195 Å². The molecule has 4 heterocycles. The Morgan fingerprint density at radius 1 is 1.27 bits per heavy atom. The van der Waals surface area contributed by atoms with Gasteiger partial charge >= 0.3 is 0 Å². The highest BCUT2D eigenvalue weighted by Crippen LogP contribution is 2.43. The molecule has 3 N–H and O–H groups in total. The summed E-state index contributed by atoms with van der Waals surface area (Å²) in [6.07, 6.45) is 0.309. The van der Waals surface area contributed by atoms with E-state index in [1.807, 2.05) is 6.92 Å². The van der Waals surface area contributed by atoms with Gasteiger partial charge in [0.25, 0.3) is 18.2 Å². The van der Waals surface area contributed by atoms with Crippen LogP contribution >= 0.6 is 22.9 Å². The fourth-order valence-corrected chi connectivity index (χ4v) is 4.73. The maximum absolute atomic E-state index is 13.6. The number of fused-ring (bicyclic) bond motifs is 1. The first-order valence-electron chi connectivity index (χ1n) is 9.71. The van der Waals surface area contributed by atoms with Crippen LogP contribution in [0, 0.1) is 6.92 Å². The van der Waals surface area contributed by atoms with Crippen molar-refractivity contribution in [3.05, 3.63) is 45.4 Å². The molecule has 2 amide bonds. The molecule has 0 radical (unpaired) electrons. The zero-order chi connectivity index (χ0) is 24.0. The number of thiophene rings is 1. The van der Waals surface area contributed by atoms with E-state index in [-0.39, 0.29) is 26.1 Å². The number of amides is 2. The van der Waals surface area contributed by atoms with Crippen molar-refractivity contribution in [3.63, 3.8) is 0 Å². The Kier molecular flexibility index (Phi) is 5.89. The first-order chi connectivity index (χ1) is 15.6. The Morgan fingerprint density at radius 3 is 2.55 bits per heavy atom. The number of carbonyl (C=O) groups excluding carboxylic acids is 2. The van der Waals surface area contributed by atoms with Crippen LogP contribution in [0.2, 0.25) is 5.02 Å². The molecule has 0 aliphatic rings. The van der Waals surface area contributed by atoms with E-state index in [2.05, 4.69) is 20.5 Å². The second-order valence-corrected chi connectivity index (χ2v) is 8.59. The highest BCUT2D eigenvalue weighted by atomic mass is 35.5. The van der Waals surface area contributed by atoms with Gasteiger partial charge in [-0.15, -0.1) is 11.3 Å². The molecule has 0 bridgehead atoms. The predicted molar refractivity (Wildman–Crippen MR) is 121 cm³/mol. The number of pyridine rings is 1. The summed E-state index contributed by atoms with van der Waals surface area (Å²) in [5, 5.41) is 11.5. The van der Waals surface area contributed by atoms with Crippen molar-refractivity contribution in [1.82, 2.24) is 24.5 Å². The van der Waals surface area contributed by atoms with Crippen molar-refractivity contribution >= 4 is 50.7 Å². The van der Waals surface area contributed by atoms with Crippen LogP contribution in [-0.4, -0.2) is 36.4 Å². The van der Waals surface area contributed by atoms with E-state index in [4.69, 9.17) is 17.3 Å². The minimum Gasteiger partial charge on any atom is -0.365 e. The third-order valence-electron chi connectivity index (χ3n) is 4.93. The molecule has 4 rings (SSSR count). The molecule has 0 unspecified atom stereocenters. The van der Waals surface area contributed by atoms with Crippen LogP contribution in [0.4, 0.5) is 14.5 Å². The Balaban J connectivity index is 1.97. The highest BCUT2D eigenvalue weighted by Gasteiger charge is 2.27. The molecule has 0 saturated carbocycles. The van der Waals surface area contributed by atoms with Gasteiger partial charge in [-0.3, -0.25) is 19.0 Å². The number of nitrogens with two attached hydrogens (primary N) is 1. The second kappa shape index (κ2) is 8.52. The number of alkyl halides is 2. The van der Waals surface area contributed by atoms with E-state index in [1.165, 1.54) is 21.6 Å².